The molecular weight excluding hydrogens is 554 g/mol. The summed E-state index contributed by atoms with van der Waals surface area (Å²) in [6, 6.07) is 9.88. The monoisotopic (exact) mass is 582 g/mol. The van der Waals surface area contributed by atoms with Gasteiger partial charge in [0.15, 0.2) is 5.60 Å². The number of amides is 3. The predicted molar refractivity (Wildman–Crippen MR) is 144 cm³/mol. The third-order valence-electron chi connectivity index (χ3n) is 9.12. The Labute approximate surface area is 240 Å². The highest BCUT2D eigenvalue weighted by atomic mass is 35.5. The van der Waals surface area contributed by atoms with E-state index in [0.29, 0.717) is 24.1 Å². The Morgan fingerprint density at radius 1 is 1.17 bits per heavy atom. The Kier molecular flexibility index (Phi) is 6.78. The van der Waals surface area contributed by atoms with E-state index in [-0.39, 0.29) is 41.3 Å². The van der Waals surface area contributed by atoms with Crippen LogP contribution in [0.3, 0.4) is 0 Å². The highest BCUT2D eigenvalue weighted by Gasteiger charge is 2.63. The minimum Gasteiger partial charge on any atom is -0.372 e. The smallest absolute Gasteiger partial charge is 0.264 e. The van der Waals surface area contributed by atoms with Crippen LogP contribution in [-0.4, -0.2) is 58.3 Å². The minimum atomic E-state index is -3.22. The van der Waals surface area contributed by atoms with E-state index in [4.69, 9.17) is 11.6 Å². The molecule has 3 saturated heterocycles. The molecule has 2 aromatic rings. The van der Waals surface area contributed by atoms with Crippen molar-refractivity contribution in [2.24, 2.45) is 11.8 Å². The van der Waals surface area contributed by atoms with Crippen molar-refractivity contribution in [2.75, 3.05) is 6.54 Å². The first kappa shape index (κ1) is 27.6. The molecule has 1 saturated carbocycles. The number of nitrogens with one attached hydrogen (secondary N) is 2. The van der Waals surface area contributed by atoms with Crippen LogP contribution in [0.1, 0.15) is 49.7 Å². The number of alkyl halides is 2. The van der Waals surface area contributed by atoms with Gasteiger partial charge in [-0.2, -0.15) is 5.26 Å². The van der Waals surface area contributed by atoms with Crippen molar-refractivity contribution in [1.29, 1.82) is 5.26 Å². The molecule has 41 heavy (non-hydrogen) atoms. The van der Waals surface area contributed by atoms with Crippen molar-refractivity contribution in [2.45, 2.75) is 68.2 Å². The van der Waals surface area contributed by atoms with Crippen molar-refractivity contribution in [1.82, 2.24) is 15.5 Å². The molecule has 11 heteroatoms. The normalized spacial score (nSPS) is 30.0. The fourth-order valence-corrected chi connectivity index (χ4v) is 7.36. The van der Waals surface area contributed by atoms with Crippen LogP contribution in [0.5, 0.6) is 0 Å². The Hall–Kier alpha value is -3.55. The second-order valence-corrected chi connectivity index (χ2v) is 11.9. The third-order valence-corrected chi connectivity index (χ3v) is 9.35. The zero-order chi connectivity index (χ0) is 29.1. The van der Waals surface area contributed by atoms with E-state index in [1.807, 2.05) is 6.07 Å². The first-order valence-corrected chi connectivity index (χ1v) is 14.2. The molecule has 7 rings (SSSR count). The number of carbonyl (C=O) groups excluding carboxylic acids is 3. The molecule has 1 unspecified atom stereocenters. The van der Waals surface area contributed by atoms with Crippen molar-refractivity contribution in [3.63, 3.8) is 0 Å². The van der Waals surface area contributed by atoms with E-state index in [1.165, 1.54) is 6.07 Å². The van der Waals surface area contributed by atoms with Crippen molar-refractivity contribution in [3.05, 3.63) is 58.6 Å². The lowest BCUT2D eigenvalue weighted by Gasteiger charge is -2.54. The summed E-state index contributed by atoms with van der Waals surface area (Å²) >= 11 is 6.27. The Morgan fingerprint density at radius 2 is 1.93 bits per heavy atom. The average molecular weight is 583 g/mol. The van der Waals surface area contributed by atoms with E-state index in [1.54, 1.807) is 36.4 Å². The number of benzene rings is 2. The quantitative estimate of drug-likeness (QED) is 0.498. The number of carbonyl (C=O) groups is 3. The van der Waals surface area contributed by atoms with Gasteiger partial charge in [0.2, 0.25) is 11.8 Å². The number of hydrogen-bond acceptors (Lipinski definition) is 5. The largest absolute Gasteiger partial charge is 0.372 e. The molecule has 3 N–H and O–H groups in total. The van der Waals surface area contributed by atoms with E-state index in [0.717, 1.165) is 11.3 Å². The molecule has 214 valence electrons. The number of piperidine rings is 3. The third kappa shape index (κ3) is 4.37. The summed E-state index contributed by atoms with van der Waals surface area (Å²) in [5, 5.41) is 27.6. The Bertz CT molecular complexity index is 1480. The second-order valence-electron chi connectivity index (χ2n) is 11.5. The maximum Gasteiger partial charge on any atom is 0.264 e. The summed E-state index contributed by atoms with van der Waals surface area (Å²) in [5.74, 6) is -7.19. The van der Waals surface area contributed by atoms with E-state index in [2.05, 4.69) is 10.6 Å². The number of halogens is 3. The van der Waals surface area contributed by atoms with Gasteiger partial charge < -0.3 is 20.6 Å². The summed E-state index contributed by atoms with van der Waals surface area (Å²) in [5.41, 5.74) is -0.546. The van der Waals surface area contributed by atoms with Crippen molar-refractivity contribution >= 4 is 29.3 Å². The van der Waals surface area contributed by atoms with Crippen LogP contribution >= 0.6 is 11.6 Å². The molecule has 5 aliphatic rings. The number of hydrogen-bond donors (Lipinski definition) is 3. The highest BCUT2D eigenvalue weighted by Crippen LogP contribution is 2.54. The number of fused-ring (bicyclic) bond motifs is 6. The molecular formula is C30H29ClF2N4O4. The average Bonchev–Trinajstić information content (AvgIpc) is 3.21. The van der Waals surface area contributed by atoms with Gasteiger partial charge in [-0.25, -0.2) is 8.78 Å². The minimum absolute atomic E-state index is 0.0131. The molecule has 2 bridgehead atoms. The maximum absolute atomic E-state index is 15.3. The lowest BCUT2D eigenvalue weighted by atomic mass is 9.70. The molecule has 0 spiro atoms. The number of nitrogens with zero attached hydrogens (tertiary/aromatic N) is 2. The van der Waals surface area contributed by atoms with Gasteiger partial charge in [-0.3, -0.25) is 14.4 Å². The van der Waals surface area contributed by atoms with Gasteiger partial charge >= 0.3 is 0 Å². The molecule has 2 aliphatic carbocycles. The highest BCUT2D eigenvalue weighted by molar-refractivity contribution is 6.31. The predicted octanol–water partition coefficient (Wildman–Crippen LogP) is 3.50. The van der Waals surface area contributed by atoms with E-state index < -0.39 is 59.7 Å². The first-order valence-electron chi connectivity index (χ1n) is 13.9. The SMILES string of the molecule is N#C[C@H](C[C@@H]1CCCNC1=O)NC(=O)[C@H]1[C@H]2CC[C@H](CC2(F)F)N1C(=O)C1(O)c2ccccc2-c2ccc(Cl)cc21. The lowest BCUT2D eigenvalue weighted by Crippen LogP contribution is -2.70. The van der Waals surface area contributed by atoms with Gasteiger partial charge in [0.05, 0.1) is 12.0 Å². The van der Waals surface area contributed by atoms with Crippen LogP contribution in [0.4, 0.5) is 8.78 Å². The van der Waals surface area contributed by atoms with Crippen LogP contribution in [0, 0.1) is 23.2 Å². The molecule has 2 aromatic carbocycles. The van der Waals surface area contributed by atoms with Crippen LogP contribution in [0.2, 0.25) is 5.02 Å². The van der Waals surface area contributed by atoms with Crippen LogP contribution in [-0.2, 0) is 20.0 Å². The topological polar surface area (TPSA) is 123 Å². The first-order chi connectivity index (χ1) is 19.6. The van der Waals surface area contributed by atoms with Crippen LogP contribution in [0.25, 0.3) is 11.1 Å². The standard InChI is InChI=1S/C30H29ClF2N4O4/c31-17-7-9-21-20-5-1-2-6-22(20)30(41,24(21)13-17)28(40)37-19-8-10-23(29(32,33)14-19)25(37)27(39)36-18(15-34)12-16-4-3-11-35-26(16)38/h1-2,5-7,9,13,16,18-19,23,25,41H,3-4,8,10-12,14H2,(H,35,38)(H,36,39)/t16-,18-,19+,23+,25+,30?/m0/s1. The van der Waals surface area contributed by atoms with Gasteiger partial charge in [-0.05, 0) is 55.4 Å². The van der Waals surface area contributed by atoms with Crippen molar-refractivity contribution in [3.8, 4) is 17.2 Å². The zero-order valence-corrected chi connectivity index (χ0v) is 22.8. The molecule has 6 atom stereocenters. The number of rotatable bonds is 5. The second kappa shape index (κ2) is 10.1. The molecule has 4 fully saturated rings. The Balaban J connectivity index is 1.36. The van der Waals surface area contributed by atoms with Gasteiger partial charge in [-0.1, -0.05) is 41.9 Å². The van der Waals surface area contributed by atoms with Gasteiger partial charge in [0.1, 0.15) is 12.1 Å². The van der Waals surface area contributed by atoms with E-state index >= 15 is 8.78 Å². The summed E-state index contributed by atoms with van der Waals surface area (Å²) in [6.07, 6.45) is 0.943. The number of aliphatic hydroxyl groups is 1. The molecule has 0 radical (unpaired) electrons. The fraction of sp³-hybridized carbons (Fsp3) is 0.467. The van der Waals surface area contributed by atoms with Crippen molar-refractivity contribution < 1.29 is 28.3 Å². The Morgan fingerprint density at radius 3 is 2.66 bits per heavy atom. The molecule has 3 aliphatic heterocycles. The van der Waals surface area contributed by atoms with Gasteiger partial charge in [-0.15, -0.1) is 0 Å². The van der Waals surface area contributed by atoms with Gasteiger partial charge in [0.25, 0.3) is 11.8 Å². The summed E-state index contributed by atoms with van der Waals surface area (Å²) in [4.78, 5) is 41.6. The maximum atomic E-state index is 15.3. The van der Waals surface area contributed by atoms with Crippen LogP contribution < -0.4 is 10.6 Å². The molecule has 3 heterocycles. The number of nitriles is 1. The fourth-order valence-electron chi connectivity index (χ4n) is 7.19. The summed E-state index contributed by atoms with van der Waals surface area (Å²) in [6.45, 7) is 0.538. The lowest BCUT2D eigenvalue weighted by molar-refractivity contribution is -0.201. The van der Waals surface area contributed by atoms with Gasteiger partial charge in [0, 0.05) is 41.1 Å². The van der Waals surface area contributed by atoms with E-state index in [9.17, 15) is 24.8 Å². The summed E-state index contributed by atoms with van der Waals surface area (Å²) < 4.78 is 30.6. The zero-order valence-electron chi connectivity index (χ0n) is 22.1. The molecule has 3 amide bonds. The summed E-state index contributed by atoms with van der Waals surface area (Å²) in [7, 11) is 0. The molecule has 8 nitrogen and oxygen atoms in total. The van der Waals surface area contributed by atoms with Crippen LogP contribution in [0.15, 0.2) is 42.5 Å². The molecule has 0 aromatic heterocycles.